The van der Waals surface area contributed by atoms with Crippen LogP contribution in [-0.2, 0) is 18.9 Å². The third-order valence-corrected chi connectivity index (χ3v) is 6.62. The van der Waals surface area contributed by atoms with Crippen LogP contribution in [0.1, 0.15) is 33.6 Å². The van der Waals surface area contributed by atoms with E-state index in [9.17, 15) is 10.2 Å². The smallest absolute Gasteiger partial charge is 0.195 e. The van der Waals surface area contributed by atoms with Gasteiger partial charge in [-0.15, -0.1) is 0 Å². The molecule has 0 radical (unpaired) electrons. The van der Waals surface area contributed by atoms with Gasteiger partial charge < -0.3 is 29.2 Å². The minimum atomic E-state index is -1.04. The molecule has 1 aliphatic carbocycles. The van der Waals surface area contributed by atoms with Gasteiger partial charge in [0.2, 0.25) is 0 Å². The molecular formula is C16H26O6. The number of aliphatic hydroxyl groups is 2. The lowest BCUT2D eigenvalue weighted by Gasteiger charge is -2.59. The van der Waals surface area contributed by atoms with Crippen LogP contribution in [0.15, 0.2) is 0 Å². The van der Waals surface area contributed by atoms with Crippen molar-refractivity contribution >= 4 is 0 Å². The zero-order valence-corrected chi connectivity index (χ0v) is 13.6. The van der Waals surface area contributed by atoms with Gasteiger partial charge in [-0.3, -0.25) is 0 Å². The summed E-state index contributed by atoms with van der Waals surface area (Å²) in [6.07, 6.45) is -0.850. The molecular weight excluding hydrogens is 288 g/mol. The number of aliphatic hydroxyl groups excluding tert-OH is 2. The topological polar surface area (TPSA) is 77.4 Å². The van der Waals surface area contributed by atoms with Crippen molar-refractivity contribution in [2.75, 3.05) is 7.11 Å². The predicted molar refractivity (Wildman–Crippen MR) is 75.5 cm³/mol. The molecule has 6 heteroatoms. The molecule has 3 saturated heterocycles. The molecule has 2 N–H and O–H groups in total. The van der Waals surface area contributed by atoms with Crippen molar-refractivity contribution in [3.63, 3.8) is 0 Å². The first-order valence-electron chi connectivity index (χ1n) is 8.26. The average Bonchev–Trinajstić information content (AvgIpc) is 2.74. The van der Waals surface area contributed by atoms with Crippen molar-refractivity contribution in [1.82, 2.24) is 0 Å². The quantitative estimate of drug-likeness (QED) is 0.747. The van der Waals surface area contributed by atoms with Gasteiger partial charge in [-0.05, 0) is 25.7 Å². The van der Waals surface area contributed by atoms with Gasteiger partial charge in [0.05, 0.1) is 6.10 Å². The van der Waals surface area contributed by atoms with E-state index in [-0.39, 0.29) is 30.0 Å². The minimum absolute atomic E-state index is 0.0112. The summed E-state index contributed by atoms with van der Waals surface area (Å²) in [5.74, 6) is -0.815. The summed E-state index contributed by atoms with van der Waals surface area (Å²) in [7, 11) is 1.62. The van der Waals surface area contributed by atoms with Crippen LogP contribution in [0.25, 0.3) is 0 Å². The van der Waals surface area contributed by atoms with Gasteiger partial charge in [0, 0.05) is 24.9 Å². The summed E-state index contributed by atoms with van der Waals surface area (Å²) in [5.41, 5.74) is -0.596. The molecule has 1 spiro atoms. The van der Waals surface area contributed by atoms with E-state index in [1.165, 1.54) is 0 Å². The Bertz CT molecular complexity index is 472. The Morgan fingerprint density at radius 1 is 1.09 bits per heavy atom. The second-order valence-electron chi connectivity index (χ2n) is 7.65. The molecule has 3 aliphatic heterocycles. The van der Waals surface area contributed by atoms with Gasteiger partial charge in [0.1, 0.15) is 11.7 Å². The maximum Gasteiger partial charge on any atom is 0.195 e. The first-order chi connectivity index (χ1) is 10.3. The van der Waals surface area contributed by atoms with Gasteiger partial charge in [0.25, 0.3) is 0 Å². The fourth-order valence-electron chi connectivity index (χ4n) is 5.31. The third-order valence-electron chi connectivity index (χ3n) is 6.62. The van der Waals surface area contributed by atoms with Crippen LogP contribution < -0.4 is 0 Å². The summed E-state index contributed by atoms with van der Waals surface area (Å²) in [6, 6.07) is 0. The van der Waals surface area contributed by atoms with Gasteiger partial charge in [-0.2, -0.15) is 0 Å². The number of hydrogen-bond acceptors (Lipinski definition) is 6. The molecule has 4 fully saturated rings. The summed E-state index contributed by atoms with van der Waals surface area (Å²) in [6.45, 7) is 5.89. The van der Waals surface area contributed by atoms with Gasteiger partial charge in [-0.1, -0.05) is 13.8 Å². The van der Waals surface area contributed by atoms with E-state index in [1.807, 2.05) is 6.92 Å². The highest BCUT2D eigenvalue weighted by atomic mass is 16.9. The van der Waals surface area contributed by atoms with E-state index in [0.29, 0.717) is 12.8 Å². The molecule has 2 bridgehead atoms. The lowest BCUT2D eigenvalue weighted by molar-refractivity contribution is -0.342. The lowest BCUT2D eigenvalue weighted by Crippen LogP contribution is -2.69. The van der Waals surface area contributed by atoms with Crippen LogP contribution in [0.5, 0.6) is 0 Å². The Kier molecular flexibility index (Phi) is 3.23. The molecule has 1 saturated carbocycles. The highest BCUT2D eigenvalue weighted by Gasteiger charge is 2.74. The summed E-state index contributed by atoms with van der Waals surface area (Å²) in [5, 5.41) is 21.0. The summed E-state index contributed by atoms with van der Waals surface area (Å²) in [4.78, 5) is 0. The number of methoxy groups -OCH3 is 1. The molecule has 0 aromatic heterocycles. The van der Waals surface area contributed by atoms with Gasteiger partial charge in [-0.25, -0.2) is 0 Å². The Labute approximate surface area is 130 Å². The van der Waals surface area contributed by atoms with E-state index in [4.69, 9.17) is 18.9 Å². The van der Waals surface area contributed by atoms with Crippen molar-refractivity contribution in [1.29, 1.82) is 0 Å². The SMILES string of the molecule is CO[C@H]1O[C@@H]2O[C@@]3(C)O[C@@]24[C@@H](C[C@H]3O)[C@H](C)[C@@H](O)C[C@H]4[C@H]1C. The minimum Gasteiger partial charge on any atom is -0.393 e. The molecule has 0 aromatic carbocycles. The Morgan fingerprint density at radius 2 is 1.77 bits per heavy atom. The van der Waals surface area contributed by atoms with Crippen molar-refractivity contribution in [3.05, 3.63) is 0 Å². The molecule has 22 heavy (non-hydrogen) atoms. The number of fused-ring (bicyclic) bond motifs is 1. The number of hydrogen-bond donors (Lipinski definition) is 2. The van der Waals surface area contributed by atoms with Gasteiger partial charge >= 0.3 is 0 Å². The second kappa shape index (κ2) is 4.65. The molecule has 0 aromatic rings. The largest absolute Gasteiger partial charge is 0.393 e. The average molecular weight is 314 g/mol. The van der Waals surface area contributed by atoms with E-state index in [1.54, 1.807) is 14.0 Å². The van der Waals surface area contributed by atoms with Crippen LogP contribution in [0.3, 0.4) is 0 Å². The zero-order chi connectivity index (χ0) is 15.9. The molecule has 126 valence electrons. The van der Waals surface area contributed by atoms with Crippen LogP contribution in [-0.4, -0.2) is 53.5 Å². The Hall–Kier alpha value is -0.240. The maximum absolute atomic E-state index is 10.5. The number of ether oxygens (including phenoxy) is 4. The lowest BCUT2D eigenvalue weighted by atomic mass is 9.56. The molecule has 0 amide bonds. The standard InChI is InChI=1S/C16H26O6/c1-7-10-6-12(18)15(3)21-14-16(10,22-15)9(5-11(7)17)8(2)13(19-4)20-14/h7-14,17-18H,5-6H2,1-4H3/t7-,8+,9-,10-,11-,12+,13-,14+,15-,16-/m0/s1. The van der Waals surface area contributed by atoms with Crippen molar-refractivity contribution in [2.45, 2.75) is 69.8 Å². The highest BCUT2D eigenvalue weighted by molar-refractivity contribution is 5.15. The second-order valence-corrected chi connectivity index (χ2v) is 7.65. The predicted octanol–water partition coefficient (Wildman–Crippen LogP) is 0.851. The highest BCUT2D eigenvalue weighted by Crippen LogP contribution is 2.63. The molecule has 4 rings (SSSR count). The van der Waals surface area contributed by atoms with E-state index in [0.717, 1.165) is 0 Å². The molecule has 4 aliphatic rings. The monoisotopic (exact) mass is 314 g/mol. The summed E-state index contributed by atoms with van der Waals surface area (Å²) < 4.78 is 23.9. The third kappa shape index (κ3) is 1.66. The molecule has 6 nitrogen and oxygen atoms in total. The van der Waals surface area contributed by atoms with Crippen LogP contribution in [0.2, 0.25) is 0 Å². The Morgan fingerprint density at radius 3 is 2.45 bits per heavy atom. The zero-order valence-electron chi connectivity index (χ0n) is 13.6. The normalized spacial score (nSPS) is 63.5. The molecule has 3 heterocycles. The fourth-order valence-corrected chi connectivity index (χ4v) is 5.31. The first-order valence-corrected chi connectivity index (χ1v) is 8.26. The summed E-state index contributed by atoms with van der Waals surface area (Å²) >= 11 is 0. The maximum atomic E-state index is 10.5. The molecule has 0 unspecified atom stereocenters. The van der Waals surface area contributed by atoms with E-state index < -0.39 is 29.9 Å². The fraction of sp³-hybridized carbons (Fsp3) is 1.00. The van der Waals surface area contributed by atoms with Crippen molar-refractivity contribution in [3.8, 4) is 0 Å². The molecule has 10 atom stereocenters. The van der Waals surface area contributed by atoms with Crippen LogP contribution >= 0.6 is 0 Å². The van der Waals surface area contributed by atoms with E-state index >= 15 is 0 Å². The van der Waals surface area contributed by atoms with E-state index in [2.05, 4.69) is 6.92 Å². The van der Waals surface area contributed by atoms with Crippen LogP contribution in [0.4, 0.5) is 0 Å². The Balaban J connectivity index is 1.82. The van der Waals surface area contributed by atoms with Crippen LogP contribution in [0, 0.1) is 23.7 Å². The van der Waals surface area contributed by atoms with Crippen molar-refractivity contribution < 1.29 is 29.2 Å². The van der Waals surface area contributed by atoms with Crippen molar-refractivity contribution in [2.24, 2.45) is 23.7 Å². The van der Waals surface area contributed by atoms with Gasteiger partial charge in [0.15, 0.2) is 18.4 Å². The first kappa shape index (κ1) is 15.3. The number of rotatable bonds is 1.